The van der Waals surface area contributed by atoms with Gasteiger partial charge in [0.05, 0.1) is 11.8 Å². The molecule has 0 aliphatic rings. The molecule has 0 saturated heterocycles. The van der Waals surface area contributed by atoms with Gasteiger partial charge in [-0.1, -0.05) is 27.5 Å². The van der Waals surface area contributed by atoms with Gasteiger partial charge >= 0.3 is 0 Å². The van der Waals surface area contributed by atoms with E-state index in [1.165, 1.54) is 0 Å². The summed E-state index contributed by atoms with van der Waals surface area (Å²) in [6.07, 6.45) is 0.0424. The van der Waals surface area contributed by atoms with Gasteiger partial charge in [-0.2, -0.15) is 4.98 Å². The summed E-state index contributed by atoms with van der Waals surface area (Å²) < 4.78 is 6.83. The molecule has 1 heterocycles. The number of hydrogen-bond acceptors (Lipinski definition) is 5. The van der Waals surface area contributed by atoms with E-state index in [4.69, 9.17) is 22.1 Å². The Morgan fingerprint density at radius 3 is 2.50 bits per heavy atom. The Morgan fingerprint density at radius 2 is 1.81 bits per heavy atom. The normalized spacial score (nSPS) is 10.8. The van der Waals surface area contributed by atoms with Crippen LogP contribution in [0.25, 0.3) is 11.3 Å². The van der Waals surface area contributed by atoms with Crippen LogP contribution in [0, 0.1) is 0 Å². The molecule has 0 aliphatic carbocycles. The number of hydrogen-bond donors (Lipinski definition) is 2. The quantitative estimate of drug-likeness (QED) is 0.542. The third kappa shape index (κ3) is 4.65. The van der Waals surface area contributed by atoms with Crippen LogP contribution in [0.2, 0.25) is 5.02 Å². The van der Waals surface area contributed by atoms with Gasteiger partial charge in [0.2, 0.25) is 5.95 Å². The first kappa shape index (κ1) is 18.5. The lowest BCUT2D eigenvalue weighted by atomic mass is 10.1. The monoisotopic (exact) mass is 432 g/mol. The maximum absolute atomic E-state index is 5.93. The van der Waals surface area contributed by atoms with E-state index in [0.717, 1.165) is 21.5 Å². The molecule has 0 atom stereocenters. The maximum Gasteiger partial charge on any atom is 0.222 e. The van der Waals surface area contributed by atoms with Crippen molar-refractivity contribution in [2.45, 2.75) is 20.0 Å². The fraction of sp³-hybridized carbons (Fsp3) is 0.158. The van der Waals surface area contributed by atoms with E-state index in [9.17, 15) is 0 Å². The molecule has 26 heavy (non-hydrogen) atoms. The van der Waals surface area contributed by atoms with Crippen LogP contribution in [0.4, 0.5) is 17.5 Å². The van der Waals surface area contributed by atoms with Crippen molar-refractivity contribution in [3.8, 4) is 17.0 Å². The average Bonchev–Trinajstić information content (AvgIpc) is 2.57. The smallest absolute Gasteiger partial charge is 0.222 e. The minimum Gasteiger partial charge on any atom is -0.490 e. The lowest BCUT2D eigenvalue weighted by Gasteiger charge is -2.15. The van der Waals surface area contributed by atoms with Gasteiger partial charge in [-0.05, 0) is 56.3 Å². The zero-order valence-corrected chi connectivity index (χ0v) is 16.7. The minimum absolute atomic E-state index is 0.0424. The molecule has 2 aromatic carbocycles. The van der Waals surface area contributed by atoms with Gasteiger partial charge < -0.3 is 15.8 Å². The predicted octanol–water partition coefficient (Wildman–Crippen LogP) is 5.67. The summed E-state index contributed by atoms with van der Waals surface area (Å²) in [6, 6.07) is 15.0. The molecule has 3 N–H and O–H groups in total. The molecule has 0 aliphatic heterocycles. The van der Waals surface area contributed by atoms with E-state index in [-0.39, 0.29) is 12.1 Å². The molecule has 1 aromatic heterocycles. The number of ether oxygens (including phenoxy) is 1. The molecule has 7 heteroatoms. The molecule has 5 nitrogen and oxygen atoms in total. The molecule has 0 spiro atoms. The largest absolute Gasteiger partial charge is 0.490 e. The molecule has 0 fully saturated rings. The number of halogens is 2. The van der Waals surface area contributed by atoms with Gasteiger partial charge in [0.1, 0.15) is 11.6 Å². The number of rotatable bonds is 5. The van der Waals surface area contributed by atoms with Gasteiger partial charge in [0, 0.05) is 26.8 Å². The highest BCUT2D eigenvalue weighted by Gasteiger charge is 2.13. The lowest BCUT2D eigenvalue weighted by Crippen LogP contribution is -2.07. The molecule has 0 bridgehead atoms. The number of anilines is 3. The van der Waals surface area contributed by atoms with Crippen molar-refractivity contribution in [1.82, 2.24) is 9.97 Å². The summed E-state index contributed by atoms with van der Waals surface area (Å²) in [5.41, 5.74) is 8.29. The maximum atomic E-state index is 5.93. The molecule has 134 valence electrons. The number of benzene rings is 2. The number of nitrogens with one attached hydrogen (secondary N) is 1. The first-order valence-electron chi connectivity index (χ1n) is 8.04. The van der Waals surface area contributed by atoms with Gasteiger partial charge in [-0.15, -0.1) is 0 Å². The van der Waals surface area contributed by atoms with Gasteiger partial charge in [-0.25, -0.2) is 4.98 Å². The van der Waals surface area contributed by atoms with Crippen molar-refractivity contribution in [1.29, 1.82) is 0 Å². The van der Waals surface area contributed by atoms with Crippen LogP contribution in [0.5, 0.6) is 5.75 Å². The average molecular weight is 434 g/mol. The Labute approximate surface area is 165 Å². The number of nitrogens with two attached hydrogens (primary N) is 1. The van der Waals surface area contributed by atoms with Crippen LogP contribution < -0.4 is 15.8 Å². The summed E-state index contributed by atoms with van der Waals surface area (Å²) >= 11 is 9.43. The van der Waals surface area contributed by atoms with Crippen LogP contribution >= 0.6 is 27.5 Å². The summed E-state index contributed by atoms with van der Waals surface area (Å²) in [4.78, 5) is 8.63. The molecular formula is C19H18BrClN4O. The SMILES string of the molecule is CC(C)Oc1ccc(Br)cc1-c1cc(Nc2ccc(Cl)cc2)nc(N)n1. The summed E-state index contributed by atoms with van der Waals surface area (Å²) in [6.45, 7) is 3.96. The van der Waals surface area contributed by atoms with Crippen molar-refractivity contribution in [3.05, 3.63) is 58.0 Å². The van der Waals surface area contributed by atoms with E-state index in [2.05, 4.69) is 31.2 Å². The molecule has 0 unspecified atom stereocenters. The van der Waals surface area contributed by atoms with Crippen LogP contribution in [0.1, 0.15) is 13.8 Å². The molecule has 0 radical (unpaired) electrons. The molecule has 3 rings (SSSR count). The highest BCUT2D eigenvalue weighted by Crippen LogP contribution is 2.34. The zero-order chi connectivity index (χ0) is 18.7. The standard InChI is InChI=1S/C19H18BrClN4O/c1-11(2)26-17-8-3-12(20)9-15(17)16-10-18(25-19(22)24-16)23-14-6-4-13(21)5-7-14/h3-11H,1-2H3,(H3,22,23,24,25). The van der Waals surface area contributed by atoms with Gasteiger partial charge in [-0.3, -0.25) is 0 Å². The summed E-state index contributed by atoms with van der Waals surface area (Å²) in [5.74, 6) is 1.50. The highest BCUT2D eigenvalue weighted by molar-refractivity contribution is 9.10. The van der Waals surface area contributed by atoms with Gasteiger partial charge in [0.25, 0.3) is 0 Å². The lowest BCUT2D eigenvalue weighted by molar-refractivity contribution is 0.243. The fourth-order valence-electron chi connectivity index (χ4n) is 2.41. The Hall–Kier alpha value is -2.31. The van der Waals surface area contributed by atoms with E-state index in [0.29, 0.717) is 16.5 Å². The minimum atomic E-state index is 0.0424. The van der Waals surface area contributed by atoms with E-state index in [1.54, 1.807) is 12.1 Å². The van der Waals surface area contributed by atoms with E-state index in [1.807, 2.05) is 50.2 Å². The van der Waals surface area contributed by atoms with Crippen LogP contribution in [-0.2, 0) is 0 Å². The van der Waals surface area contributed by atoms with Crippen LogP contribution in [0.15, 0.2) is 53.0 Å². The number of nitrogen functional groups attached to an aromatic ring is 1. The van der Waals surface area contributed by atoms with Gasteiger partial charge in [0.15, 0.2) is 0 Å². The first-order chi connectivity index (χ1) is 12.4. The Morgan fingerprint density at radius 1 is 1.08 bits per heavy atom. The van der Waals surface area contributed by atoms with Crippen molar-refractivity contribution in [2.24, 2.45) is 0 Å². The second-order valence-electron chi connectivity index (χ2n) is 5.94. The second kappa shape index (κ2) is 7.93. The van der Waals surface area contributed by atoms with Crippen LogP contribution in [0.3, 0.4) is 0 Å². The molecule has 0 amide bonds. The van der Waals surface area contributed by atoms with Crippen molar-refractivity contribution >= 4 is 45.0 Å². The highest BCUT2D eigenvalue weighted by atomic mass is 79.9. The summed E-state index contributed by atoms with van der Waals surface area (Å²) in [5, 5.41) is 3.88. The van der Waals surface area contributed by atoms with E-state index >= 15 is 0 Å². The Bertz CT molecular complexity index is 916. The molecule has 0 saturated carbocycles. The zero-order valence-electron chi connectivity index (χ0n) is 14.3. The number of aromatic nitrogens is 2. The third-order valence-electron chi connectivity index (χ3n) is 3.44. The Kier molecular flexibility index (Phi) is 5.64. The summed E-state index contributed by atoms with van der Waals surface area (Å²) in [7, 11) is 0. The third-order valence-corrected chi connectivity index (χ3v) is 4.19. The van der Waals surface area contributed by atoms with Crippen molar-refractivity contribution in [2.75, 3.05) is 11.1 Å². The predicted molar refractivity (Wildman–Crippen MR) is 110 cm³/mol. The van der Waals surface area contributed by atoms with Crippen molar-refractivity contribution < 1.29 is 4.74 Å². The number of nitrogens with zero attached hydrogens (tertiary/aromatic N) is 2. The fourth-order valence-corrected chi connectivity index (χ4v) is 2.90. The molecule has 3 aromatic rings. The van der Waals surface area contributed by atoms with E-state index < -0.39 is 0 Å². The second-order valence-corrected chi connectivity index (χ2v) is 7.29. The molecular weight excluding hydrogens is 416 g/mol. The Balaban J connectivity index is 2.00. The van der Waals surface area contributed by atoms with Crippen molar-refractivity contribution in [3.63, 3.8) is 0 Å². The first-order valence-corrected chi connectivity index (χ1v) is 9.21. The van der Waals surface area contributed by atoms with Crippen LogP contribution in [-0.4, -0.2) is 16.1 Å². The topological polar surface area (TPSA) is 73.1 Å².